The summed E-state index contributed by atoms with van der Waals surface area (Å²) < 4.78 is 0. The number of pyridine rings is 1. The minimum absolute atomic E-state index is 0.0392. The van der Waals surface area contributed by atoms with E-state index in [1.807, 2.05) is 30.3 Å². The van der Waals surface area contributed by atoms with Crippen LogP contribution in [0.2, 0.25) is 0 Å². The number of hydrogen-bond acceptors (Lipinski definition) is 8. The van der Waals surface area contributed by atoms with Gasteiger partial charge >= 0.3 is 5.69 Å². The molecule has 0 saturated carbocycles. The van der Waals surface area contributed by atoms with Crippen molar-refractivity contribution in [1.29, 1.82) is 0 Å². The number of para-hydroxylation sites is 1. The van der Waals surface area contributed by atoms with E-state index < -0.39 is 4.92 Å². The average Bonchev–Trinajstić information content (AvgIpc) is 2.61. The second kappa shape index (κ2) is 7.01. The topological polar surface area (TPSA) is 118 Å². The van der Waals surface area contributed by atoms with Gasteiger partial charge in [-0.1, -0.05) is 24.3 Å². The van der Waals surface area contributed by atoms with Crippen molar-refractivity contribution in [3.05, 3.63) is 71.2 Å². The van der Waals surface area contributed by atoms with Gasteiger partial charge in [0, 0.05) is 6.20 Å². The van der Waals surface area contributed by atoms with Crippen LogP contribution in [0.15, 0.2) is 61.1 Å². The fourth-order valence-electron chi connectivity index (χ4n) is 1.95. The number of anilines is 4. The van der Waals surface area contributed by atoms with Crippen molar-refractivity contribution in [2.24, 2.45) is 0 Å². The highest BCUT2D eigenvalue weighted by Gasteiger charge is 2.23. The molecule has 0 saturated heterocycles. The van der Waals surface area contributed by atoms with E-state index in [1.165, 1.54) is 6.33 Å². The fourth-order valence-corrected chi connectivity index (χ4v) is 1.95. The van der Waals surface area contributed by atoms with Crippen LogP contribution in [-0.4, -0.2) is 19.9 Å². The van der Waals surface area contributed by atoms with Crippen LogP contribution < -0.4 is 16.2 Å². The first-order chi connectivity index (χ1) is 11.7. The van der Waals surface area contributed by atoms with E-state index in [9.17, 15) is 10.1 Å². The maximum Gasteiger partial charge on any atom is 0.355 e. The summed E-state index contributed by atoms with van der Waals surface area (Å²) >= 11 is 0. The lowest BCUT2D eigenvalue weighted by molar-refractivity contribution is -0.383. The van der Waals surface area contributed by atoms with Crippen molar-refractivity contribution < 1.29 is 4.92 Å². The van der Waals surface area contributed by atoms with Gasteiger partial charge in [0.05, 0.1) is 10.6 Å². The van der Waals surface area contributed by atoms with E-state index in [1.54, 1.807) is 24.4 Å². The first-order valence-electron chi connectivity index (χ1n) is 6.98. The van der Waals surface area contributed by atoms with E-state index in [2.05, 4.69) is 31.1 Å². The van der Waals surface area contributed by atoms with Gasteiger partial charge in [0.25, 0.3) is 0 Å². The molecule has 3 aromatic rings. The van der Waals surface area contributed by atoms with Gasteiger partial charge in [-0.2, -0.15) is 0 Å². The molecule has 2 heterocycles. The van der Waals surface area contributed by atoms with Gasteiger partial charge in [-0.15, -0.1) is 0 Å². The maximum absolute atomic E-state index is 11.4. The zero-order chi connectivity index (χ0) is 16.8. The van der Waals surface area contributed by atoms with E-state index in [4.69, 9.17) is 0 Å². The molecule has 24 heavy (non-hydrogen) atoms. The molecule has 0 aliphatic rings. The fraction of sp³-hybridized carbons (Fsp3) is 0. The minimum Gasteiger partial charge on any atom is -0.319 e. The van der Waals surface area contributed by atoms with Gasteiger partial charge in [-0.3, -0.25) is 21.0 Å². The maximum atomic E-state index is 11.4. The number of hydrogen-bond donors (Lipinski definition) is 3. The Kier molecular flexibility index (Phi) is 4.43. The zero-order valence-corrected chi connectivity index (χ0v) is 12.4. The molecule has 0 bridgehead atoms. The van der Waals surface area contributed by atoms with Crippen LogP contribution in [0.4, 0.5) is 28.8 Å². The third kappa shape index (κ3) is 3.53. The van der Waals surface area contributed by atoms with Crippen molar-refractivity contribution in [3.63, 3.8) is 0 Å². The lowest BCUT2D eigenvalue weighted by Gasteiger charge is -2.11. The third-order valence-corrected chi connectivity index (χ3v) is 3.02. The summed E-state index contributed by atoms with van der Waals surface area (Å²) in [6.07, 6.45) is 2.80. The Hall–Kier alpha value is -3.75. The molecule has 0 fully saturated rings. The predicted molar refractivity (Wildman–Crippen MR) is 89.9 cm³/mol. The number of nitrogens with one attached hydrogen (secondary N) is 3. The monoisotopic (exact) mass is 323 g/mol. The van der Waals surface area contributed by atoms with Crippen LogP contribution >= 0.6 is 0 Å². The van der Waals surface area contributed by atoms with Gasteiger partial charge in [0.2, 0.25) is 11.6 Å². The Balaban J connectivity index is 1.86. The number of hydrazine groups is 1. The first-order valence-corrected chi connectivity index (χ1v) is 6.98. The van der Waals surface area contributed by atoms with Gasteiger partial charge in [0.1, 0.15) is 12.1 Å². The van der Waals surface area contributed by atoms with E-state index in [0.717, 1.165) is 5.69 Å². The smallest absolute Gasteiger partial charge is 0.319 e. The van der Waals surface area contributed by atoms with Crippen LogP contribution in [0.3, 0.4) is 0 Å². The van der Waals surface area contributed by atoms with Crippen molar-refractivity contribution >= 4 is 28.8 Å². The molecule has 0 aliphatic heterocycles. The molecule has 3 N–H and O–H groups in total. The third-order valence-electron chi connectivity index (χ3n) is 3.02. The van der Waals surface area contributed by atoms with E-state index in [0.29, 0.717) is 5.82 Å². The second-order valence-corrected chi connectivity index (χ2v) is 4.63. The zero-order valence-electron chi connectivity index (χ0n) is 12.4. The number of rotatable bonds is 6. The van der Waals surface area contributed by atoms with Crippen LogP contribution in [0.5, 0.6) is 0 Å². The lowest BCUT2D eigenvalue weighted by atomic mass is 10.3. The number of benzene rings is 1. The highest BCUT2D eigenvalue weighted by molar-refractivity contribution is 5.73. The van der Waals surface area contributed by atoms with Crippen molar-refractivity contribution in [1.82, 2.24) is 15.0 Å². The van der Waals surface area contributed by atoms with E-state index >= 15 is 0 Å². The Bertz CT molecular complexity index is 828. The first kappa shape index (κ1) is 15.2. The van der Waals surface area contributed by atoms with Crippen molar-refractivity contribution in [2.75, 3.05) is 16.2 Å². The Labute approximate surface area is 136 Å². The average molecular weight is 323 g/mol. The van der Waals surface area contributed by atoms with Crippen LogP contribution in [0.25, 0.3) is 0 Å². The number of aromatic nitrogens is 3. The molecule has 3 rings (SSSR count). The largest absolute Gasteiger partial charge is 0.355 e. The molecule has 120 valence electrons. The molecule has 0 radical (unpaired) electrons. The molecular formula is C15H13N7O2. The Morgan fingerprint density at radius 3 is 2.33 bits per heavy atom. The van der Waals surface area contributed by atoms with Crippen LogP contribution in [0.1, 0.15) is 0 Å². The van der Waals surface area contributed by atoms with Gasteiger partial charge in [0.15, 0.2) is 0 Å². The highest BCUT2D eigenvalue weighted by Crippen LogP contribution is 2.30. The summed E-state index contributed by atoms with van der Waals surface area (Å²) in [5, 5.41) is 14.3. The summed E-state index contributed by atoms with van der Waals surface area (Å²) in [5.74, 6) is 0.532. The van der Waals surface area contributed by atoms with Crippen molar-refractivity contribution in [2.45, 2.75) is 0 Å². The molecule has 0 spiro atoms. The molecule has 1 aromatic carbocycles. The molecule has 2 aromatic heterocycles. The lowest BCUT2D eigenvalue weighted by Crippen LogP contribution is -2.13. The molecule has 0 aliphatic carbocycles. The van der Waals surface area contributed by atoms with Crippen LogP contribution in [0, 0.1) is 10.1 Å². The standard InChI is InChI=1S/C15H13N7O2/c23-22(24)13-14(19-12-8-4-5-9-16-12)17-10-18-15(13)21-20-11-6-2-1-3-7-11/h1-10,20H,(H2,16,17,18,19,21). The van der Waals surface area contributed by atoms with E-state index in [-0.39, 0.29) is 17.3 Å². The molecule has 9 nitrogen and oxygen atoms in total. The SMILES string of the molecule is O=[N+]([O-])c1c(NNc2ccccc2)ncnc1Nc1ccccn1. The highest BCUT2D eigenvalue weighted by atomic mass is 16.6. The quantitative estimate of drug-likeness (QED) is 0.468. The summed E-state index contributed by atoms with van der Waals surface area (Å²) in [6.45, 7) is 0. The minimum atomic E-state index is -0.555. The molecule has 0 unspecified atom stereocenters. The summed E-state index contributed by atoms with van der Waals surface area (Å²) in [4.78, 5) is 22.8. The molecule has 0 amide bonds. The second-order valence-electron chi connectivity index (χ2n) is 4.63. The van der Waals surface area contributed by atoms with Crippen molar-refractivity contribution in [3.8, 4) is 0 Å². The normalized spacial score (nSPS) is 10.0. The van der Waals surface area contributed by atoms with Gasteiger partial charge in [-0.25, -0.2) is 15.0 Å². The van der Waals surface area contributed by atoms with Gasteiger partial charge < -0.3 is 5.32 Å². The molecule has 9 heteroatoms. The Morgan fingerprint density at radius 2 is 1.62 bits per heavy atom. The molecular weight excluding hydrogens is 310 g/mol. The number of nitrogens with zero attached hydrogens (tertiary/aromatic N) is 4. The summed E-state index contributed by atoms with van der Waals surface area (Å²) in [7, 11) is 0. The van der Waals surface area contributed by atoms with Gasteiger partial charge in [-0.05, 0) is 24.3 Å². The van der Waals surface area contributed by atoms with Crippen LogP contribution in [-0.2, 0) is 0 Å². The summed E-state index contributed by atoms with van der Waals surface area (Å²) in [6, 6.07) is 14.4. The Morgan fingerprint density at radius 1 is 0.875 bits per heavy atom. The summed E-state index contributed by atoms with van der Waals surface area (Å²) in [5.41, 5.74) is 6.05. The molecule has 0 atom stereocenters. The number of nitro groups is 1. The predicted octanol–water partition coefficient (Wildman–Crippen LogP) is 2.96.